The highest BCUT2D eigenvalue weighted by atomic mass is 35.5. The lowest BCUT2D eigenvalue weighted by Crippen LogP contribution is -2.18. The van der Waals surface area contributed by atoms with Crippen LogP contribution in [0.5, 0.6) is 5.75 Å². The standard InChI is InChI=1S/C26H19ClN4O2S/c1-33-22-13-7-17(8-14-22)24-18(16-31(30-24)21-5-3-2-4-6-21)15-23-25(29-26(32)34-23)28-20-11-9-19(27)10-12-20/h2-16H,1H3,(H,28,29,32)/b23-15-. The molecule has 1 aromatic heterocycles. The summed E-state index contributed by atoms with van der Waals surface area (Å²) in [6.07, 6.45) is 3.88. The summed E-state index contributed by atoms with van der Waals surface area (Å²) in [6.45, 7) is 0. The highest BCUT2D eigenvalue weighted by Crippen LogP contribution is 2.33. The first kappa shape index (κ1) is 22.0. The maximum atomic E-state index is 12.2. The molecule has 0 saturated carbocycles. The van der Waals surface area contributed by atoms with Crippen LogP contribution in [0.2, 0.25) is 5.02 Å². The molecule has 1 aliphatic rings. The second-order valence-corrected chi connectivity index (χ2v) is 8.85. The number of aromatic nitrogens is 2. The van der Waals surface area contributed by atoms with Gasteiger partial charge < -0.3 is 10.1 Å². The van der Waals surface area contributed by atoms with Gasteiger partial charge in [0.1, 0.15) is 11.6 Å². The number of aliphatic imine (C=N–C) groups is 1. The zero-order valence-electron chi connectivity index (χ0n) is 18.1. The van der Waals surface area contributed by atoms with E-state index in [1.807, 2.05) is 71.6 Å². The number of rotatable bonds is 5. The highest BCUT2D eigenvalue weighted by Gasteiger charge is 2.25. The Morgan fingerprint density at radius 1 is 1.03 bits per heavy atom. The minimum atomic E-state index is -0.180. The molecule has 3 aromatic carbocycles. The van der Waals surface area contributed by atoms with Crippen LogP contribution in [0, 0.1) is 0 Å². The van der Waals surface area contributed by atoms with Crippen LogP contribution >= 0.6 is 23.4 Å². The van der Waals surface area contributed by atoms with Crippen molar-refractivity contribution in [3.05, 3.63) is 101 Å². The summed E-state index contributed by atoms with van der Waals surface area (Å²) >= 11 is 7.09. The summed E-state index contributed by atoms with van der Waals surface area (Å²) in [5.41, 5.74) is 4.20. The number of nitrogens with zero attached hydrogens (tertiary/aromatic N) is 3. The maximum Gasteiger partial charge on any atom is 0.289 e. The molecule has 2 heterocycles. The molecule has 5 rings (SSSR count). The number of hydrogen-bond acceptors (Lipinski definition) is 5. The van der Waals surface area contributed by atoms with Gasteiger partial charge in [0.2, 0.25) is 0 Å². The average molecular weight is 487 g/mol. The largest absolute Gasteiger partial charge is 0.497 e. The minimum absolute atomic E-state index is 0.180. The Labute approximate surface area is 205 Å². The maximum absolute atomic E-state index is 12.2. The normalized spacial score (nSPS) is 15.6. The van der Waals surface area contributed by atoms with Crippen LogP contribution in [0.25, 0.3) is 23.0 Å². The Hall–Kier alpha value is -3.81. The van der Waals surface area contributed by atoms with Crippen molar-refractivity contribution in [2.24, 2.45) is 4.99 Å². The van der Waals surface area contributed by atoms with Crippen molar-refractivity contribution >= 4 is 46.2 Å². The lowest BCUT2D eigenvalue weighted by atomic mass is 10.1. The van der Waals surface area contributed by atoms with Crippen LogP contribution in [-0.4, -0.2) is 28.0 Å². The van der Waals surface area contributed by atoms with Gasteiger partial charge in [0, 0.05) is 22.3 Å². The number of amides is 1. The fourth-order valence-electron chi connectivity index (χ4n) is 3.48. The lowest BCUT2D eigenvalue weighted by molar-refractivity contribution is 0.265. The molecule has 8 heteroatoms. The van der Waals surface area contributed by atoms with Gasteiger partial charge in [-0.05, 0) is 78.5 Å². The Bertz CT molecular complexity index is 1400. The first-order chi connectivity index (χ1) is 16.6. The number of carbonyl (C=O) groups excluding carboxylic acids is 1. The molecule has 0 bridgehead atoms. The molecular formula is C26H19ClN4O2S. The predicted molar refractivity (Wildman–Crippen MR) is 138 cm³/mol. The van der Waals surface area contributed by atoms with Crippen molar-refractivity contribution in [1.29, 1.82) is 0 Å². The molecular weight excluding hydrogens is 468 g/mol. The van der Waals surface area contributed by atoms with Crippen LogP contribution < -0.4 is 10.1 Å². The average Bonchev–Trinajstić information content (AvgIpc) is 3.44. The van der Waals surface area contributed by atoms with E-state index < -0.39 is 0 Å². The van der Waals surface area contributed by atoms with E-state index in [0.29, 0.717) is 21.5 Å². The third-order valence-corrected chi connectivity index (χ3v) is 6.21. The number of benzene rings is 3. The number of para-hydroxylation sites is 1. The van der Waals surface area contributed by atoms with Gasteiger partial charge in [-0.15, -0.1) is 0 Å². The second-order valence-electron chi connectivity index (χ2n) is 7.40. The van der Waals surface area contributed by atoms with Gasteiger partial charge in [-0.2, -0.15) is 5.10 Å². The number of methoxy groups -OCH3 is 1. The van der Waals surface area contributed by atoms with Gasteiger partial charge in [-0.25, -0.2) is 9.67 Å². The van der Waals surface area contributed by atoms with Crippen molar-refractivity contribution in [3.8, 4) is 22.7 Å². The molecule has 1 N–H and O–H groups in total. The number of carbonyl (C=O) groups is 1. The monoisotopic (exact) mass is 486 g/mol. The third-order valence-electron chi connectivity index (χ3n) is 5.14. The fraction of sp³-hybridized carbons (Fsp3) is 0.0385. The number of nitrogens with one attached hydrogen (secondary N) is 1. The quantitative estimate of drug-likeness (QED) is 0.339. The first-order valence-electron chi connectivity index (χ1n) is 10.4. The van der Waals surface area contributed by atoms with Crippen LogP contribution in [0.1, 0.15) is 5.56 Å². The number of halogens is 1. The van der Waals surface area contributed by atoms with Crippen molar-refractivity contribution < 1.29 is 9.53 Å². The number of hydrogen-bond donors (Lipinski definition) is 1. The summed E-state index contributed by atoms with van der Waals surface area (Å²) < 4.78 is 7.13. The molecule has 4 aromatic rings. The Morgan fingerprint density at radius 2 is 1.76 bits per heavy atom. The van der Waals surface area contributed by atoms with Gasteiger partial charge in [-0.3, -0.25) is 4.79 Å². The lowest BCUT2D eigenvalue weighted by Gasteiger charge is -2.03. The Morgan fingerprint density at radius 3 is 2.47 bits per heavy atom. The van der Waals surface area contributed by atoms with Crippen molar-refractivity contribution in [2.45, 2.75) is 0 Å². The fourth-order valence-corrected chi connectivity index (χ4v) is 4.33. The van der Waals surface area contributed by atoms with Crippen molar-refractivity contribution in [1.82, 2.24) is 15.1 Å². The van der Waals surface area contributed by atoms with Crippen LogP contribution in [0.3, 0.4) is 0 Å². The van der Waals surface area contributed by atoms with E-state index in [0.717, 1.165) is 40.0 Å². The molecule has 0 spiro atoms. The van der Waals surface area contributed by atoms with Gasteiger partial charge in [0.05, 0.1) is 29.1 Å². The zero-order chi connectivity index (χ0) is 23.5. The van der Waals surface area contributed by atoms with E-state index in [4.69, 9.17) is 21.4 Å². The molecule has 0 atom stereocenters. The molecule has 0 aliphatic carbocycles. The SMILES string of the molecule is COc1ccc(-c2nn(-c3ccccc3)cc2/C=C2\SC(=O)NC2=Nc2ccc(Cl)cc2)cc1. The molecule has 1 saturated heterocycles. The molecule has 34 heavy (non-hydrogen) atoms. The summed E-state index contributed by atoms with van der Waals surface area (Å²) in [6, 6.07) is 24.7. The van der Waals surface area contributed by atoms with E-state index in [1.165, 1.54) is 0 Å². The van der Waals surface area contributed by atoms with Crippen molar-refractivity contribution in [3.63, 3.8) is 0 Å². The van der Waals surface area contributed by atoms with E-state index in [-0.39, 0.29) is 5.24 Å². The molecule has 6 nitrogen and oxygen atoms in total. The van der Waals surface area contributed by atoms with Gasteiger partial charge in [0.25, 0.3) is 5.24 Å². The van der Waals surface area contributed by atoms with Gasteiger partial charge in [-0.1, -0.05) is 29.8 Å². The van der Waals surface area contributed by atoms with E-state index >= 15 is 0 Å². The Kier molecular flexibility index (Phi) is 6.20. The summed E-state index contributed by atoms with van der Waals surface area (Å²) in [7, 11) is 1.64. The number of ether oxygens (including phenoxy) is 1. The van der Waals surface area contributed by atoms with Crippen molar-refractivity contribution in [2.75, 3.05) is 7.11 Å². The van der Waals surface area contributed by atoms with E-state index in [9.17, 15) is 4.79 Å². The van der Waals surface area contributed by atoms with Crippen LogP contribution in [0.4, 0.5) is 10.5 Å². The zero-order valence-corrected chi connectivity index (χ0v) is 19.7. The topological polar surface area (TPSA) is 68.5 Å². The Balaban J connectivity index is 1.60. The summed E-state index contributed by atoms with van der Waals surface area (Å²) in [5.74, 6) is 1.26. The van der Waals surface area contributed by atoms with Crippen LogP contribution in [0.15, 0.2) is 95.0 Å². The first-order valence-corrected chi connectivity index (χ1v) is 11.6. The highest BCUT2D eigenvalue weighted by molar-refractivity contribution is 8.18. The van der Waals surface area contributed by atoms with Gasteiger partial charge >= 0.3 is 0 Å². The number of amidine groups is 1. The van der Waals surface area contributed by atoms with E-state index in [1.54, 1.807) is 31.4 Å². The predicted octanol–water partition coefficient (Wildman–Crippen LogP) is 6.73. The second kappa shape index (κ2) is 9.59. The molecule has 0 unspecified atom stereocenters. The smallest absolute Gasteiger partial charge is 0.289 e. The van der Waals surface area contributed by atoms with Crippen LogP contribution in [-0.2, 0) is 0 Å². The summed E-state index contributed by atoms with van der Waals surface area (Å²) in [5, 5.41) is 8.12. The van der Waals surface area contributed by atoms with Gasteiger partial charge in [0.15, 0.2) is 0 Å². The molecule has 1 amide bonds. The molecule has 0 radical (unpaired) electrons. The minimum Gasteiger partial charge on any atom is -0.497 e. The van der Waals surface area contributed by atoms with E-state index in [2.05, 4.69) is 10.3 Å². The summed E-state index contributed by atoms with van der Waals surface area (Å²) in [4.78, 5) is 17.5. The molecule has 1 fully saturated rings. The molecule has 168 valence electrons. The molecule has 1 aliphatic heterocycles. The third kappa shape index (κ3) is 4.76. The number of thioether (sulfide) groups is 1.